The second kappa shape index (κ2) is 7.28. The van der Waals surface area contributed by atoms with E-state index >= 15 is 0 Å². The highest BCUT2D eigenvalue weighted by Gasteiger charge is 2.19. The number of pyridine rings is 1. The number of hydrogen-bond acceptors (Lipinski definition) is 4. The van der Waals surface area contributed by atoms with Crippen LogP contribution in [-0.4, -0.2) is 33.3 Å². The fourth-order valence-corrected chi connectivity index (χ4v) is 3.48. The van der Waals surface area contributed by atoms with Crippen molar-refractivity contribution in [1.82, 2.24) is 20.1 Å². The Labute approximate surface area is 161 Å². The molecule has 4 N–H and O–H groups in total. The van der Waals surface area contributed by atoms with Crippen LogP contribution < -0.4 is 16.6 Å². The first-order chi connectivity index (χ1) is 13.6. The fourth-order valence-electron chi connectivity index (χ4n) is 3.48. The van der Waals surface area contributed by atoms with Gasteiger partial charge in [0.15, 0.2) is 0 Å². The lowest BCUT2D eigenvalue weighted by molar-refractivity contribution is 0.0934. The average Bonchev–Trinajstić information content (AvgIpc) is 3.12. The predicted octanol–water partition coefficient (Wildman–Crippen LogP) is 1.94. The maximum atomic E-state index is 13.2. The molecule has 0 fully saturated rings. The summed E-state index contributed by atoms with van der Waals surface area (Å²) in [6.07, 6.45) is 0. The summed E-state index contributed by atoms with van der Waals surface area (Å²) in [5.74, 6) is -0.214. The van der Waals surface area contributed by atoms with E-state index in [4.69, 9.17) is 5.73 Å². The lowest BCUT2D eigenvalue weighted by Crippen LogP contribution is -2.44. The first-order valence-electron chi connectivity index (χ1n) is 9.12. The van der Waals surface area contributed by atoms with E-state index in [-0.39, 0.29) is 24.6 Å². The third-order valence-electron chi connectivity index (χ3n) is 4.91. The van der Waals surface area contributed by atoms with E-state index in [2.05, 4.69) is 15.5 Å². The Bertz CT molecular complexity index is 1210. The van der Waals surface area contributed by atoms with E-state index in [1.54, 1.807) is 28.8 Å². The highest BCUT2D eigenvalue weighted by Crippen LogP contribution is 2.22. The van der Waals surface area contributed by atoms with Gasteiger partial charge in [0.1, 0.15) is 5.52 Å². The van der Waals surface area contributed by atoms with Crippen LogP contribution in [0.25, 0.3) is 21.8 Å². The third kappa shape index (κ3) is 3.05. The molecule has 0 aliphatic heterocycles. The molecule has 28 heavy (non-hydrogen) atoms. The molecule has 2 aromatic carbocycles. The Morgan fingerprint density at radius 1 is 1.18 bits per heavy atom. The van der Waals surface area contributed by atoms with Crippen LogP contribution in [0, 0.1) is 6.92 Å². The molecule has 2 aromatic heterocycles. The van der Waals surface area contributed by atoms with Gasteiger partial charge in [-0.3, -0.25) is 14.7 Å². The van der Waals surface area contributed by atoms with Crippen LogP contribution in [0.2, 0.25) is 0 Å². The van der Waals surface area contributed by atoms with Crippen molar-refractivity contribution in [1.29, 1.82) is 0 Å². The Kier molecular flexibility index (Phi) is 4.67. The summed E-state index contributed by atoms with van der Waals surface area (Å²) in [5.41, 5.74) is 8.47. The van der Waals surface area contributed by atoms with E-state index in [1.165, 1.54) is 0 Å². The van der Waals surface area contributed by atoms with Crippen LogP contribution in [-0.2, 0) is 6.54 Å². The lowest BCUT2D eigenvalue weighted by Gasteiger charge is -2.20. The van der Waals surface area contributed by atoms with Crippen molar-refractivity contribution in [2.45, 2.75) is 19.5 Å². The number of hydrogen-bond donors (Lipinski definition) is 3. The number of rotatable bonds is 5. The fraction of sp³-hybridized carbons (Fsp3) is 0.190. The maximum Gasteiger partial charge on any atom is 0.262 e. The van der Waals surface area contributed by atoms with Crippen LogP contribution in [0.1, 0.15) is 16.1 Å². The molecule has 0 spiro atoms. The number of carbonyl (C=O) groups excluding carboxylic acids is 1. The number of nitrogens with zero attached hydrogens (tertiary/aromatic N) is 2. The number of aryl methyl sites for hydroxylation is 1. The molecule has 1 amide bonds. The third-order valence-corrected chi connectivity index (χ3v) is 4.91. The second-order valence-electron chi connectivity index (χ2n) is 6.78. The number of nitrogens with two attached hydrogens (primary N) is 1. The van der Waals surface area contributed by atoms with Gasteiger partial charge in [0.25, 0.3) is 11.5 Å². The van der Waals surface area contributed by atoms with E-state index in [9.17, 15) is 9.59 Å². The van der Waals surface area contributed by atoms with Crippen LogP contribution >= 0.6 is 0 Å². The number of fused-ring (bicyclic) bond motifs is 3. The molecule has 1 atom stereocenters. The SMILES string of the molecule is Cc1[nH]nc2c1c(=O)n(CC(CN)NC(=O)c1ccccc1)c1ccccc21. The first-order valence-corrected chi connectivity index (χ1v) is 9.12. The molecule has 0 radical (unpaired) electrons. The number of aromatic amines is 1. The summed E-state index contributed by atoms with van der Waals surface area (Å²) in [4.78, 5) is 25.7. The van der Waals surface area contributed by atoms with Crippen molar-refractivity contribution in [3.05, 3.63) is 76.2 Å². The zero-order valence-electron chi connectivity index (χ0n) is 15.5. The topological polar surface area (TPSA) is 106 Å². The minimum Gasteiger partial charge on any atom is -0.346 e. The van der Waals surface area contributed by atoms with Crippen LogP contribution in [0.4, 0.5) is 0 Å². The molecule has 0 bridgehead atoms. The Morgan fingerprint density at radius 3 is 2.64 bits per heavy atom. The Morgan fingerprint density at radius 2 is 1.89 bits per heavy atom. The number of amides is 1. The van der Waals surface area contributed by atoms with Crippen molar-refractivity contribution in [2.75, 3.05) is 6.54 Å². The highest BCUT2D eigenvalue weighted by molar-refractivity contribution is 6.04. The van der Waals surface area contributed by atoms with Crippen molar-refractivity contribution < 1.29 is 4.79 Å². The van der Waals surface area contributed by atoms with Crippen molar-refractivity contribution in [3.8, 4) is 0 Å². The van der Waals surface area contributed by atoms with E-state index in [1.807, 2.05) is 37.3 Å². The molecule has 142 valence electrons. The quantitative estimate of drug-likeness (QED) is 0.496. The van der Waals surface area contributed by atoms with E-state index in [0.717, 1.165) is 16.6 Å². The molecule has 4 rings (SSSR count). The van der Waals surface area contributed by atoms with Gasteiger partial charge in [0, 0.05) is 29.7 Å². The van der Waals surface area contributed by atoms with Crippen LogP contribution in [0.3, 0.4) is 0 Å². The summed E-state index contributed by atoms with van der Waals surface area (Å²) >= 11 is 0. The zero-order valence-corrected chi connectivity index (χ0v) is 15.5. The number of benzene rings is 2. The summed E-state index contributed by atoms with van der Waals surface area (Å²) < 4.78 is 1.67. The molecule has 1 unspecified atom stereocenters. The minimum absolute atomic E-state index is 0.146. The van der Waals surface area contributed by atoms with Gasteiger partial charge in [-0.25, -0.2) is 0 Å². The molecule has 0 aliphatic carbocycles. The zero-order chi connectivity index (χ0) is 19.7. The molecule has 4 aromatic rings. The van der Waals surface area contributed by atoms with Crippen LogP contribution in [0.5, 0.6) is 0 Å². The number of H-pyrrole nitrogens is 1. The standard InChI is InChI=1S/C21H21N5O2/c1-13-18-19(25-24-13)16-9-5-6-10-17(16)26(21(18)28)12-15(11-22)23-20(27)14-7-3-2-4-8-14/h2-10,15H,11-12,22H2,1H3,(H,23,27)(H,24,25). The maximum absolute atomic E-state index is 13.2. The normalized spacial score (nSPS) is 12.4. The Balaban J connectivity index is 1.75. The molecule has 7 heteroatoms. The number of carbonyl (C=O) groups is 1. The number of nitrogens with one attached hydrogen (secondary N) is 2. The summed E-state index contributed by atoms with van der Waals surface area (Å²) in [7, 11) is 0. The molecule has 0 saturated heterocycles. The summed E-state index contributed by atoms with van der Waals surface area (Å²) in [5, 5.41) is 11.6. The monoisotopic (exact) mass is 375 g/mol. The van der Waals surface area contributed by atoms with Gasteiger partial charge in [0.05, 0.1) is 16.9 Å². The van der Waals surface area contributed by atoms with Gasteiger partial charge >= 0.3 is 0 Å². The van der Waals surface area contributed by atoms with Crippen molar-refractivity contribution >= 4 is 27.7 Å². The van der Waals surface area contributed by atoms with Gasteiger partial charge in [-0.2, -0.15) is 5.10 Å². The molecular formula is C21H21N5O2. The minimum atomic E-state index is -0.390. The number of aromatic nitrogens is 3. The molecule has 7 nitrogen and oxygen atoms in total. The van der Waals surface area contributed by atoms with Gasteiger partial charge in [0.2, 0.25) is 0 Å². The van der Waals surface area contributed by atoms with Gasteiger partial charge < -0.3 is 15.6 Å². The van der Waals surface area contributed by atoms with Gasteiger partial charge in [-0.1, -0.05) is 36.4 Å². The van der Waals surface area contributed by atoms with E-state index in [0.29, 0.717) is 16.5 Å². The first kappa shape index (κ1) is 17.9. The smallest absolute Gasteiger partial charge is 0.262 e. The Hall–Kier alpha value is -3.45. The highest BCUT2D eigenvalue weighted by atomic mass is 16.2. The molecule has 2 heterocycles. The van der Waals surface area contributed by atoms with Crippen molar-refractivity contribution in [3.63, 3.8) is 0 Å². The largest absolute Gasteiger partial charge is 0.346 e. The van der Waals surface area contributed by atoms with Crippen molar-refractivity contribution in [2.24, 2.45) is 5.73 Å². The number of para-hydroxylation sites is 1. The van der Waals surface area contributed by atoms with E-state index < -0.39 is 6.04 Å². The average molecular weight is 375 g/mol. The summed E-state index contributed by atoms with van der Waals surface area (Å²) in [6, 6.07) is 16.2. The second-order valence-corrected chi connectivity index (χ2v) is 6.78. The summed E-state index contributed by atoms with van der Waals surface area (Å²) in [6.45, 7) is 2.31. The van der Waals surface area contributed by atoms with Crippen LogP contribution in [0.15, 0.2) is 59.4 Å². The molecule has 0 saturated carbocycles. The predicted molar refractivity (Wildman–Crippen MR) is 109 cm³/mol. The molecule has 0 aliphatic rings. The lowest BCUT2D eigenvalue weighted by atomic mass is 10.1. The van der Waals surface area contributed by atoms with Gasteiger partial charge in [-0.05, 0) is 25.1 Å². The molecular weight excluding hydrogens is 354 g/mol. The van der Waals surface area contributed by atoms with Gasteiger partial charge in [-0.15, -0.1) is 0 Å².